The summed E-state index contributed by atoms with van der Waals surface area (Å²) in [5.74, 6) is 0.609. The molecule has 2 aliphatic rings. The first-order chi connectivity index (χ1) is 15.2. The molecule has 168 valence electrons. The Morgan fingerprint density at radius 3 is 2.66 bits per heavy atom. The minimum absolute atomic E-state index is 0.158. The van der Waals surface area contributed by atoms with Gasteiger partial charge in [0, 0.05) is 61.2 Å². The molecule has 0 amide bonds. The average Bonchev–Trinajstić information content (AvgIpc) is 3.14. The van der Waals surface area contributed by atoms with Crippen molar-refractivity contribution in [3.05, 3.63) is 64.8 Å². The van der Waals surface area contributed by atoms with Crippen molar-refractivity contribution in [3.63, 3.8) is 0 Å². The van der Waals surface area contributed by atoms with Gasteiger partial charge in [0.15, 0.2) is 0 Å². The maximum atomic E-state index is 12.8. The van der Waals surface area contributed by atoms with E-state index < -0.39 is 12.0 Å². The highest BCUT2D eigenvalue weighted by Crippen LogP contribution is 2.50. The zero-order valence-electron chi connectivity index (χ0n) is 17.3. The van der Waals surface area contributed by atoms with E-state index in [4.69, 9.17) is 16.3 Å². The Bertz CT molecular complexity index is 1150. The molecule has 32 heavy (non-hydrogen) atoms. The number of rotatable bonds is 3. The maximum Gasteiger partial charge on any atom is 0.573 e. The highest BCUT2D eigenvalue weighted by molar-refractivity contribution is 6.31. The summed E-state index contributed by atoms with van der Waals surface area (Å²) in [7, 11) is 1.90. The number of likely N-dealkylation sites (tertiary alicyclic amines) is 1. The van der Waals surface area contributed by atoms with Crippen molar-refractivity contribution in [3.8, 4) is 22.8 Å². The summed E-state index contributed by atoms with van der Waals surface area (Å²) in [6, 6.07) is 11.9. The minimum Gasteiger partial charge on any atom is -0.482 e. The Kier molecular flexibility index (Phi) is 5.09. The molecule has 1 spiro atoms. The Labute approximate surface area is 188 Å². The second-order valence-electron chi connectivity index (χ2n) is 8.20. The molecule has 5 nitrogen and oxygen atoms in total. The molecular formula is C23H21ClF3N3O2. The predicted octanol–water partition coefficient (Wildman–Crippen LogP) is 5.52. The van der Waals surface area contributed by atoms with E-state index in [1.165, 1.54) is 6.07 Å². The molecule has 2 aliphatic heterocycles. The number of hydrogen-bond acceptors (Lipinski definition) is 4. The van der Waals surface area contributed by atoms with Crippen LogP contribution < -0.4 is 9.47 Å². The molecule has 0 N–H and O–H groups in total. The molecule has 3 heterocycles. The van der Waals surface area contributed by atoms with Gasteiger partial charge in [0.1, 0.15) is 17.1 Å². The van der Waals surface area contributed by atoms with Gasteiger partial charge in [-0.1, -0.05) is 29.8 Å². The molecule has 0 unspecified atom stereocenters. The molecule has 0 saturated carbocycles. The summed E-state index contributed by atoms with van der Waals surface area (Å²) >= 11 is 6.22. The maximum absolute atomic E-state index is 12.8. The van der Waals surface area contributed by atoms with Crippen LogP contribution in [0.15, 0.2) is 48.7 Å². The van der Waals surface area contributed by atoms with E-state index in [9.17, 15) is 13.2 Å². The van der Waals surface area contributed by atoms with Gasteiger partial charge >= 0.3 is 6.36 Å². The number of fused-ring (bicyclic) bond motifs is 4. The smallest absolute Gasteiger partial charge is 0.482 e. The quantitative estimate of drug-likeness (QED) is 0.512. The lowest BCUT2D eigenvalue weighted by molar-refractivity contribution is -0.275. The highest BCUT2D eigenvalue weighted by Gasteiger charge is 2.45. The fourth-order valence-electron chi connectivity index (χ4n) is 4.68. The van der Waals surface area contributed by atoms with Crippen molar-refractivity contribution in [1.29, 1.82) is 0 Å². The van der Waals surface area contributed by atoms with Gasteiger partial charge in [-0.05, 0) is 24.3 Å². The van der Waals surface area contributed by atoms with Crippen LogP contribution in [-0.2, 0) is 19.2 Å². The summed E-state index contributed by atoms with van der Waals surface area (Å²) < 4.78 is 50.9. The van der Waals surface area contributed by atoms with Gasteiger partial charge in [-0.25, -0.2) is 0 Å². The number of para-hydroxylation sites is 1. The Morgan fingerprint density at radius 1 is 1.16 bits per heavy atom. The first-order valence-electron chi connectivity index (χ1n) is 10.3. The molecule has 0 atom stereocenters. The van der Waals surface area contributed by atoms with Gasteiger partial charge in [-0.15, -0.1) is 13.2 Å². The van der Waals surface area contributed by atoms with Gasteiger partial charge in [-0.3, -0.25) is 9.58 Å². The monoisotopic (exact) mass is 463 g/mol. The molecule has 0 aliphatic carbocycles. The molecule has 2 aromatic carbocycles. The Hall–Kier alpha value is -2.71. The number of halogens is 4. The van der Waals surface area contributed by atoms with Gasteiger partial charge < -0.3 is 9.47 Å². The van der Waals surface area contributed by atoms with Crippen molar-refractivity contribution in [2.24, 2.45) is 7.05 Å². The number of alkyl halides is 3. The number of nitrogens with zero attached hydrogens (tertiary/aromatic N) is 3. The van der Waals surface area contributed by atoms with Crippen molar-refractivity contribution >= 4 is 11.6 Å². The standard InChI is InChI=1S/C23H21ClF3N3O2/c1-29-21-17-12-16(24)6-7-20(17)31-22(18(21)13-28-29)8-10-30(11-9-22)14-15-4-2-3-5-19(15)32-23(25,26)27/h2-7,12-13H,8-11,14H2,1H3. The summed E-state index contributed by atoms with van der Waals surface area (Å²) in [5.41, 5.74) is 2.91. The molecule has 5 rings (SSSR count). The third kappa shape index (κ3) is 3.82. The number of benzene rings is 2. The molecular weight excluding hydrogens is 443 g/mol. The van der Waals surface area contributed by atoms with Gasteiger partial charge in [0.05, 0.1) is 11.9 Å². The zero-order valence-corrected chi connectivity index (χ0v) is 18.1. The van der Waals surface area contributed by atoms with Crippen LogP contribution in [0.4, 0.5) is 13.2 Å². The lowest BCUT2D eigenvalue weighted by atomic mass is 9.81. The van der Waals surface area contributed by atoms with E-state index >= 15 is 0 Å². The van der Waals surface area contributed by atoms with Crippen LogP contribution in [0.3, 0.4) is 0 Å². The Morgan fingerprint density at radius 2 is 1.91 bits per heavy atom. The first kappa shape index (κ1) is 21.2. The molecule has 1 aromatic heterocycles. The van der Waals surface area contributed by atoms with Crippen molar-refractivity contribution in [2.75, 3.05) is 13.1 Å². The number of hydrogen-bond donors (Lipinski definition) is 0. The van der Waals surface area contributed by atoms with Gasteiger partial charge in [-0.2, -0.15) is 5.10 Å². The second kappa shape index (κ2) is 7.71. The van der Waals surface area contributed by atoms with Crippen molar-refractivity contribution in [1.82, 2.24) is 14.7 Å². The van der Waals surface area contributed by atoms with E-state index in [2.05, 4.69) is 14.7 Å². The van der Waals surface area contributed by atoms with Crippen LogP contribution in [0.2, 0.25) is 5.02 Å². The normalized spacial score (nSPS) is 17.5. The van der Waals surface area contributed by atoms with Crippen LogP contribution in [0.25, 0.3) is 11.3 Å². The van der Waals surface area contributed by atoms with Gasteiger partial charge in [0.2, 0.25) is 0 Å². The van der Waals surface area contributed by atoms with E-state index in [0.717, 1.165) is 22.6 Å². The average molecular weight is 464 g/mol. The van der Waals surface area contributed by atoms with Crippen LogP contribution in [0, 0.1) is 0 Å². The van der Waals surface area contributed by atoms with Crippen LogP contribution in [0.5, 0.6) is 11.5 Å². The fourth-order valence-corrected chi connectivity index (χ4v) is 4.85. The number of piperidine rings is 1. The summed E-state index contributed by atoms with van der Waals surface area (Å²) in [4.78, 5) is 2.13. The Balaban J connectivity index is 1.37. The van der Waals surface area contributed by atoms with Crippen molar-refractivity contribution < 1.29 is 22.6 Å². The summed E-state index contributed by atoms with van der Waals surface area (Å²) in [6.07, 6.45) is -1.49. The number of ether oxygens (including phenoxy) is 2. The molecule has 0 radical (unpaired) electrons. The minimum atomic E-state index is -4.72. The predicted molar refractivity (Wildman–Crippen MR) is 114 cm³/mol. The van der Waals surface area contributed by atoms with Crippen LogP contribution >= 0.6 is 11.6 Å². The van der Waals surface area contributed by atoms with Crippen LogP contribution in [-0.4, -0.2) is 34.1 Å². The van der Waals surface area contributed by atoms with Crippen LogP contribution in [0.1, 0.15) is 24.0 Å². The SMILES string of the molecule is Cn1ncc2c1-c1cc(Cl)ccc1OC21CCN(Cc2ccccc2OC(F)(F)F)CC1. The van der Waals surface area contributed by atoms with Crippen molar-refractivity contribution in [2.45, 2.75) is 31.3 Å². The molecule has 3 aromatic rings. The highest BCUT2D eigenvalue weighted by atomic mass is 35.5. The van der Waals surface area contributed by atoms with E-state index in [1.807, 2.05) is 36.1 Å². The van der Waals surface area contributed by atoms with Gasteiger partial charge in [0.25, 0.3) is 0 Å². The second-order valence-corrected chi connectivity index (χ2v) is 8.64. The lowest BCUT2D eigenvalue weighted by Crippen LogP contribution is -2.47. The topological polar surface area (TPSA) is 39.5 Å². The van der Waals surface area contributed by atoms with E-state index in [1.54, 1.807) is 18.2 Å². The number of aryl methyl sites for hydroxylation is 1. The fraction of sp³-hybridized carbons (Fsp3) is 0.348. The molecule has 0 bridgehead atoms. The third-order valence-electron chi connectivity index (χ3n) is 6.19. The molecule has 1 fully saturated rings. The molecule has 1 saturated heterocycles. The van der Waals surface area contributed by atoms with E-state index in [0.29, 0.717) is 43.1 Å². The molecule has 9 heteroatoms. The zero-order chi connectivity index (χ0) is 22.5. The summed E-state index contributed by atoms with van der Waals surface area (Å²) in [5, 5.41) is 5.10. The lowest BCUT2D eigenvalue weighted by Gasteiger charge is -2.44. The third-order valence-corrected chi connectivity index (χ3v) is 6.42. The van der Waals surface area contributed by atoms with E-state index in [-0.39, 0.29) is 5.75 Å². The number of aromatic nitrogens is 2. The first-order valence-corrected chi connectivity index (χ1v) is 10.7. The largest absolute Gasteiger partial charge is 0.573 e. The summed E-state index contributed by atoms with van der Waals surface area (Å²) in [6.45, 7) is 1.70.